The van der Waals surface area contributed by atoms with Gasteiger partial charge in [0.2, 0.25) is 5.91 Å². The van der Waals surface area contributed by atoms with Crippen LogP contribution < -0.4 is 4.90 Å². The van der Waals surface area contributed by atoms with Crippen LogP contribution in [0.1, 0.15) is 12.0 Å². The fourth-order valence-electron chi connectivity index (χ4n) is 4.44. The van der Waals surface area contributed by atoms with Crippen molar-refractivity contribution >= 4 is 44.2 Å². The maximum absolute atomic E-state index is 13.5. The normalized spacial score (nSPS) is 17.1. The molecule has 0 radical (unpaired) electrons. The Hall–Kier alpha value is -3.10. The van der Waals surface area contributed by atoms with E-state index in [1.165, 1.54) is 11.8 Å². The Balaban J connectivity index is 1.46. The van der Waals surface area contributed by atoms with Crippen molar-refractivity contribution in [1.29, 1.82) is 0 Å². The SMILES string of the molecule is Cc1cccc(-n2c(SCC(=O)N(c3ccccc3)[C@H]3CCS(=O)(=O)C3)nc3ccccc32)c1. The molecule has 1 aliphatic rings. The molecule has 0 bridgehead atoms. The van der Waals surface area contributed by atoms with Crippen LogP contribution in [0.5, 0.6) is 0 Å². The summed E-state index contributed by atoms with van der Waals surface area (Å²) in [5, 5.41) is 0.729. The van der Waals surface area contributed by atoms with Gasteiger partial charge in [-0.25, -0.2) is 13.4 Å². The molecule has 0 spiro atoms. The first-order valence-electron chi connectivity index (χ1n) is 11.2. The summed E-state index contributed by atoms with van der Waals surface area (Å²) >= 11 is 1.37. The van der Waals surface area contributed by atoms with Crippen LogP contribution in [0, 0.1) is 6.92 Å². The maximum Gasteiger partial charge on any atom is 0.237 e. The number of hydrogen-bond acceptors (Lipinski definition) is 5. The Morgan fingerprint density at radius 1 is 1.06 bits per heavy atom. The first-order chi connectivity index (χ1) is 16.4. The van der Waals surface area contributed by atoms with E-state index in [9.17, 15) is 13.2 Å². The summed E-state index contributed by atoms with van der Waals surface area (Å²) in [6, 6.07) is 25.1. The van der Waals surface area contributed by atoms with Crippen molar-refractivity contribution < 1.29 is 13.2 Å². The lowest BCUT2D eigenvalue weighted by Crippen LogP contribution is -2.42. The molecule has 8 heteroatoms. The van der Waals surface area contributed by atoms with E-state index >= 15 is 0 Å². The number of amides is 1. The van der Waals surface area contributed by atoms with Gasteiger partial charge in [-0.05, 0) is 55.3 Å². The van der Waals surface area contributed by atoms with E-state index in [1.54, 1.807) is 4.90 Å². The summed E-state index contributed by atoms with van der Waals surface area (Å²) in [5.41, 5.74) is 4.69. The Kier molecular flexibility index (Phi) is 6.18. The Bertz CT molecular complexity index is 1450. The zero-order chi connectivity index (χ0) is 23.7. The van der Waals surface area contributed by atoms with Crippen molar-refractivity contribution in [2.45, 2.75) is 24.5 Å². The molecule has 34 heavy (non-hydrogen) atoms. The predicted molar refractivity (Wildman–Crippen MR) is 138 cm³/mol. The van der Waals surface area contributed by atoms with Gasteiger partial charge in [0.25, 0.3) is 0 Å². The third kappa shape index (κ3) is 4.60. The molecule has 3 aromatic carbocycles. The van der Waals surface area contributed by atoms with Crippen molar-refractivity contribution in [1.82, 2.24) is 9.55 Å². The molecule has 1 atom stereocenters. The predicted octanol–water partition coefficient (Wildman–Crippen LogP) is 4.65. The van der Waals surface area contributed by atoms with Crippen LogP contribution in [0.4, 0.5) is 5.69 Å². The number of nitrogens with zero attached hydrogens (tertiary/aromatic N) is 3. The summed E-state index contributed by atoms with van der Waals surface area (Å²) in [5.74, 6) is 0.145. The molecule has 1 fully saturated rings. The molecule has 1 aliphatic heterocycles. The van der Waals surface area contributed by atoms with E-state index in [0.29, 0.717) is 6.42 Å². The zero-order valence-electron chi connectivity index (χ0n) is 18.8. The van der Waals surface area contributed by atoms with Gasteiger partial charge in [-0.1, -0.05) is 54.2 Å². The molecule has 0 aliphatic carbocycles. The Morgan fingerprint density at radius 3 is 2.56 bits per heavy atom. The quantitative estimate of drug-likeness (QED) is 0.367. The minimum atomic E-state index is -3.13. The summed E-state index contributed by atoms with van der Waals surface area (Å²) < 4.78 is 26.4. The van der Waals surface area contributed by atoms with E-state index in [2.05, 4.69) is 10.6 Å². The standard InChI is InChI=1S/C26H25N3O3S2/c1-19-8-7-11-21(16-19)29-24-13-6-5-12-23(24)27-26(29)33-17-25(30)28(20-9-3-2-4-10-20)22-14-15-34(31,32)18-22/h2-13,16,22H,14-15,17-18H2,1H3/t22-/m0/s1. The number of thioether (sulfide) groups is 1. The van der Waals surface area contributed by atoms with Crippen LogP contribution >= 0.6 is 11.8 Å². The highest BCUT2D eigenvalue weighted by molar-refractivity contribution is 7.99. The molecule has 1 saturated heterocycles. The van der Waals surface area contributed by atoms with Gasteiger partial charge in [-0.3, -0.25) is 9.36 Å². The van der Waals surface area contributed by atoms with Crippen LogP contribution in [-0.2, 0) is 14.6 Å². The van der Waals surface area contributed by atoms with Gasteiger partial charge in [-0.15, -0.1) is 0 Å². The van der Waals surface area contributed by atoms with Crippen LogP contribution in [-0.4, -0.2) is 47.2 Å². The van der Waals surface area contributed by atoms with Crippen molar-refractivity contribution in [2.24, 2.45) is 0 Å². The number of sulfone groups is 1. The van der Waals surface area contributed by atoms with Gasteiger partial charge >= 0.3 is 0 Å². The van der Waals surface area contributed by atoms with Gasteiger partial charge in [0.15, 0.2) is 15.0 Å². The molecule has 1 amide bonds. The smallest absolute Gasteiger partial charge is 0.237 e. The number of hydrogen-bond donors (Lipinski definition) is 0. The number of anilines is 1. The summed E-state index contributed by atoms with van der Waals surface area (Å²) in [4.78, 5) is 20.0. The zero-order valence-corrected chi connectivity index (χ0v) is 20.4. The molecule has 0 saturated carbocycles. The molecule has 5 rings (SSSR count). The average Bonchev–Trinajstić information content (AvgIpc) is 3.38. The third-order valence-corrected chi connectivity index (χ3v) is 8.66. The number of imidazole rings is 1. The third-order valence-electron chi connectivity index (χ3n) is 5.99. The van der Waals surface area contributed by atoms with Crippen LogP contribution in [0.3, 0.4) is 0 Å². The number of rotatable bonds is 6. The van der Waals surface area contributed by atoms with E-state index in [1.807, 2.05) is 79.7 Å². The van der Waals surface area contributed by atoms with Crippen LogP contribution in [0.2, 0.25) is 0 Å². The lowest BCUT2D eigenvalue weighted by atomic mass is 10.2. The lowest BCUT2D eigenvalue weighted by Gasteiger charge is -2.28. The minimum absolute atomic E-state index is 0.000105. The number of carbonyl (C=O) groups excluding carboxylic acids is 1. The van der Waals surface area contributed by atoms with Gasteiger partial charge in [0, 0.05) is 11.4 Å². The van der Waals surface area contributed by atoms with Gasteiger partial charge in [0.1, 0.15) is 0 Å². The van der Waals surface area contributed by atoms with Crippen molar-refractivity contribution in [2.75, 3.05) is 22.2 Å². The number of carbonyl (C=O) groups is 1. The number of benzene rings is 3. The molecule has 0 unspecified atom stereocenters. The molecule has 1 aromatic heterocycles. The molecular formula is C26H25N3O3S2. The van der Waals surface area contributed by atoms with E-state index in [4.69, 9.17) is 4.98 Å². The van der Waals surface area contributed by atoms with Crippen molar-refractivity contribution in [3.63, 3.8) is 0 Å². The second kappa shape index (κ2) is 9.27. The van der Waals surface area contributed by atoms with Gasteiger partial charge in [0.05, 0.1) is 34.3 Å². The highest BCUT2D eigenvalue weighted by Crippen LogP contribution is 2.30. The fraction of sp³-hybridized carbons (Fsp3) is 0.231. The van der Waals surface area contributed by atoms with E-state index in [0.717, 1.165) is 33.1 Å². The summed E-state index contributed by atoms with van der Waals surface area (Å²) in [7, 11) is -3.13. The highest BCUT2D eigenvalue weighted by atomic mass is 32.2. The fourth-order valence-corrected chi connectivity index (χ4v) is 7.03. The minimum Gasteiger partial charge on any atom is -0.308 e. The van der Waals surface area contributed by atoms with E-state index < -0.39 is 9.84 Å². The van der Waals surface area contributed by atoms with Crippen molar-refractivity contribution in [3.8, 4) is 5.69 Å². The summed E-state index contributed by atoms with van der Waals surface area (Å²) in [6.45, 7) is 2.05. The highest BCUT2D eigenvalue weighted by Gasteiger charge is 2.35. The summed E-state index contributed by atoms with van der Waals surface area (Å²) in [6.07, 6.45) is 0.454. The second-order valence-electron chi connectivity index (χ2n) is 8.50. The molecular weight excluding hydrogens is 466 g/mol. The number of aromatic nitrogens is 2. The number of para-hydroxylation sites is 3. The average molecular weight is 492 g/mol. The van der Waals surface area contributed by atoms with Crippen molar-refractivity contribution in [3.05, 3.63) is 84.4 Å². The largest absolute Gasteiger partial charge is 0.308 e. The second-order valence-corrected chi connectivity index (χ2v) is 11.7. The van der Waals surface area contributed by atoms with Crippen LogP contribution in [0.25, 0.3) is 16.7 Å². The van der Waals surface area contributed by atoms with E-state index in [-0.39, 0.29) is 29.2 Å². The molecule has 2 heterocycles. The lowest BCUT2D eigenvalue weighted by molar-refractivity contribution is -0.116. The Labute approximate surface area is 203 Å². The molecule has 4 aromatic rings. The van der Waals surface area contributed by atoms with Gasteiger partial charge in [-0.2, -0.15) is 0 Å². The maximum atomic E-state index is 13.5. The molecule has 0 N–H and O–H groups in total. The first-order valence-corrected chi connectivity index (χ1v) is 14.0. The Morgan fingerprint density at radius 2 is 1.82 bits per heavy atom. The monoisotopic (exact) mass is 491 g/mol. The van der Waals surface area contributed by atoms with Gasteiger partial charge < -0.3 is 4.90 Å². The molecule has 174 valence electrons. The molecule has 6 nitrogen and oxygen atoms in total. The first kappa shape index (κ1) is 22.7. The van der Waals surface area contributed by atoms with Crippen LogP contribution in [0.15, 0.2) is 84.0 Å². The number of fused-ring (bicyclic) bond motifs is 1. The number of aryl methyl sites for hydroxylation is 1. The topological polar surface area (TPSA) is 72.3 Å².